The molecule has 3 atom stereocenters. The Morgan fingerprint density at radius 2 is 2.10 bits per heavy atom. The quantitative estimate of drug-likeness (QED) is 0.680. The first-order chi connectivity index (χ1) is 10.1. The molecule has 0 radical (unpaired) electrons. The summed E-state index contributed by atoms with van der Waals surface area (Å²) in [4.78, 5) is 16.9. The molecule has 3 unspecified atom stereocenters. The summed E-state index contributed by atoms with van der Waals surface area (Å²) in [6.45, 7) is 5.57. The number of benzene rings is 1. The van der Waals surface area contributed by atoms with Crippen LogP contribution in [0.4, 0.5) is 0 Å². The lowest BCUT2D eigenvalue weighted by Gasteiger charge is -2.23. The van der Waals surface area contributed by atoms with E-state index in [0.717, 1.165) is 24.0 Å². The minimum atomic E-state index is -0.150. The van der Waals surface area contributed by atoms with Gasteiger partial charge in [-0.15, -0.1) is 0 Å². The molecule has 0 aliphatic carbocycles. The molecule has 5 heteroatoms. The van der Waals surface area contributed by atoms with E-state index in [-0.39, 0.29) is 11.7 Å². The molecular weight excluding hydrogens is 264 g/mol. The van der Waals surface area contributed by atoms with Gasteiger partial charge in [-0.2, -0.15) is 0 Å². The monoisotopic (exact) mass is 288 g/mol. The van der Waals surface area contributed by atoms with Crippen LogP contribution in [-0.2, 0) is 0 Å². The zero-order valence-corrected chi connectivity index (χ0v) is 12.7. The number of fused-ring (bicyclic) bond motifs is 1. The van der Waals surface area contributed by atoms with E-state index in [1.54, 1.807) is 0 Å². The van der Waals surface area contributed by atoms with Gasteiger partial charge in [0.05, 0.1) is 11.0 Å². The van der Waals surface area contributed by atoms with Crippen LogP contribution in [0.2, 0.25) is 0 Å². The van der Waals surface area contributed by atoms with Crippen LogP contribution in [0.25, 0.3) is 11.0 Å². The van der Waals surface area contributed by atoms with Gasteiger partial charge in [-0.25, -0.2) is 4.79 Å². The van der Waals surface area contributed by atoms with Gasteiger partial charge >= 0.3 is 5.69 Å². The molecule has 114 valence electrons. The largest absolute Gasteiger partial charge is 0.323 e. The fourth-order valence-corrected chi connectivity index (χ4v) is 3.30. The summed E-state index contributed by atoms with van der Waals surface area (Å²) in [6, 6.07) is 7.48. The van der Waals surface area contributed by atoms with Crippen molar-refractivity contribution in [3.05, 3.63) is 34.2 Å². The Hall–Kier alpha value is -1.59. The number of H-pyrrole nitrogens is 2. The van der Waals surface area contributed by atoms with Crippen molar-refractivity contribution in [2.45, 2.75) is 51.2 Å². The number of aromatic nitrogens is 2. The molecule has 1 fully saturated rings. The molecular formula is C16H24N4O. The van der Waals surface area contributed by atoms with E-state index in [9.17, 15) is 4.79 Å². The highest BCUT2D eigenvalue weighted by molar-refractivity contribution is 5.75. The van der Waals surface area contributed by atoms with Gasteiger partial charge in [0.25, 0.3) is 0 Å². The zero-order chi connectivity index (χ0) is 14.8. The van der Waals surface area contributed by atoms with Crippen LogP contribution >= 0.6 is 0 Å². The summed E-state index contributed by atoms with van der Waals surface area (Å²) >= 11 is 0. The van der Waals surface area contributed by atoms with Gasteiger partial charge in [-0.1, -0.05) is 6.07 Å². The van der Waals surface area contributed by atoms with Crippen molar-refractivity contribution in [3.8, 4) is 0 Å². The molecule has 1 aliphatic rings. The van der Waals surface area contributed by atoms with Crippen molar-refractivity contribution in [1.29, 1.82) is 0 Å². The Labute approximate surface area is 124 Å². The van der Waals surface area contributed by atoms with Gasteiger partial charge in [-0.3, -0.25) is 0 Å². The van der Waals surface area contributed by atoms with Crippen molar-refractivity contribution >= 4 is 11.0 Å². The van der Waals surface area contributed by atoms with Crippen molar-refractivity contribution < 1.29 is 0 Å². The van der Waals surface area contributed by atoms with Crippen molar-refractivity contribution in [2.24, 2.45) is 0 Å². The predicted octanol–water partition coefficient (Wildman–Crippen LogP) is 2.04. The Bertz CT molecular complexity index is 654. The Kier molecular flexibility index (Phi) is 4.12. The molecule has 1 saturated heterocycles. The van der Waals surface area contributed by atoms with Gasteiger partial charge in [0.1, 0.15) is 0 Å². The molecule has 1 aromatic carbocycles. The van der Waals surface area contributed by atoms with Crippen LogP contribution in [0.15, 0.2) is 23.0 Å². The lowest BCUT2D eigenvalue weighted by atomic mass is 10.0. The average molecular weight is 288 g/mol. The third-order valence-corrected chi connectivity index (χ3v) is 4.37. The maximum absolute atomic E-state index is 11.3. The first-order valence-corrected chi connectivity index (χ1v) is 7.83. The van der Waals surface area contributed by atoms with Crippen LogP contribution in [0.3, 0.4) is 0 Å². The maximum atomic E-state index is 11.3. The van der Waals surface area contributed by atoms with Gasteiger partial charge in [0, 0.05) is 18.1 Å². The summed E-state index contributed by atoms with van der Waals surface area (Å²) in [7, 11) is 0. The van der Waals surface area contributed by atoms with E-state index in [1.807, 2.05) is 12.1 Å². The molecule has 4 N–H and O–H groups in total. The fraction of sp³-hybridized carbons (Fsp3) is 0.562. The number of hydrogen-bond acceptors (Lipinski definition) is 3. The number of rotatable bonds is 5. The number of nitrogens with one attached hydrogen (secondary N) is 4. The Morgan fingerprint density at radius 3 is 2.86 bits per heavy atom. The molecule has 5 nitrogen and oxygen atoms in total. The maximum Gasteiger partial charge on any atom is 0.323 e. The molecule has 0 amide bonds. The predicted molar refractivity (Wildman–Crippen MR) is 85.6 cm³/mol. The van der Waals surface area contributed by atoms with Crippen molar-refractivity contribution in [2.75, 3.05) is 6.54 Å². The van der Waals surface area contributed by atoms with Crippen LogP contribution in [0, 0.1) is 0 Å². The van der Waals surface area contributed by atoms with Gasteiger partial charge in [-0.05, 0) is 57.4 Å². The molecule has 0 bridgehead atoms. The minimum Gasteiger partial charge on any atom is -0.314 e. The lowest BCUT2D eigenvalue weighted by molar-refractivity contribution is 0.407. The second kappa shape index (κ2) is 6.03. The Morgan fingerprint density at radius 1 is 1.29 bits per heavy atom. The van der Waals surface area contributed by atoms with Crippen LogP contribution in [0.5, 0.6) is 0 Å². The van der Waals surface area contributed by atoms with Gasteiger partial charge < -0.3 is 20.6 Å². The smallest absolute Gasteiger partial charge is 0.314 e. The SMILES string of the molecule is CC(CC1CCCN1)NC(C)c1ccc2[nH]c(=O)[nH]c2c1. The van der Waals surface area contributed by atoms with Crippen LogP contribution in [0.1, 0.15) is 44.7 Å². The topological polar surface area (TPSA) is 72.7 Å². The summed E-state index contributed by atoms with van der Waals surface area (Å²) in [5, 5.41) is 7.20. The molecule has 0 saturated carbocycles. The normalized spacial score (nSPS) is 21.7. The molecule has 1 aromatic heterocycles. The first-order valence-electron chi connectivity index (χ1n) is 7.83. The first kappa shape index (κ1) is 14.4. The van der Waals surface area contributed by atoms with E-state index >= 15 is 0 Å². The van der Waals surface area contributed by atoms with Crippen LogP contribution < -0.4 is 16.3 Å². The molecule has 3 rings (SSSR count). The summed E-state index contributed by atoms with van der Waals surface area (Å²) in [6.07, 6.45) is 3.75. The van der Waals surface area contributed by atoms with Gasteiger partial charge in [0.2, 0.25) is 0 Å². The number of hydrogen-bond donors (Lipinski definition) is 4. The van der Waals surface area contributed by atoms with E-state index in [4.69, 9.17) is 0 Å². The third kappa shape index (κ3) is 3.36. The second-order valence-corrected chi connectivity index (χ2v) is 6.20. The highest BCUT2D eigenvalue weighted by Crippen LogP contribution is 2.19. The average Bonchev–Trinajstić information content (AvgIpc) is 3.05. The molecule has 2 aromatic rings. The summed E-state index contributed by atoms with van der Waals surface area (Å²) in [5.41, 5.74) is 2.78. The molecule has 21 heavy (non-hydrogen) atoms. The fourth-order valence-electron chi connectivity index (χ4n) is 3.30. The van der Waals surface area contributed by atoms with E-state index in [2.05, 4.69) is 40.5 Å². The Balaban J connectivity index is 1.64. The van der Waals surface area contributed by atoms with E-state index in [0.29, 0.717) is 12.1 Å². The van der Waals surface area contributed by atoms with E-state index < -0.39 is 0 Å². The molecule has 1 aliphatic heterocycles. The summed E-state index contributed by atoms with van der Waals surface area (Å²) in [5.74, 6) is 0. The summed E-state index contributed by atoms with van der Waals surface area (Å²) < 4.78 is 0. The van der Waals surface area contributed by atoms with Gasteiger partial charge in [0.15, 0.2) is 0 Å². The lowest BCUT2D eigenvalue weighted by Crippen LogP contribution is -2.35. The highest BCUT2D eigenvalue weighted by Gasteiger charge is 2.18. The highest BCUT2D eigenvalue weighted by atomic mass is 16.1. The van der Waals surface area contributed by atoms with Crippen LogP contribution in [-0.4, -0.2) is 28.6 Å². The standard InChI is InChI=1S/C16H24N4O/c1-10(8-13-4-3-7-17-13)18-11(2)12-5-6-14-15(9-12)20-16(21)19-14/h5-6,9-11,13,17-18H,3-4,7-8H2,1-2H3,(H2,19,20,21). The number of imidazole rings is 1. The minimum absolute atomic E-state index is 0.150. The van der Waals surface area contributed by atoms with E-state index in [1.165, 1.54) is 18.4 Å². The van der Waals surface area contributed by atoms with Crippen molar-refractivity contribution in [3.63, 3.8) is 0 Å². The third-order valence-electron chi connectivity index (χ3n) is 4.37. The van der Waals surface area contributed by atoms with Crippen molar-refractivity contribution in [1.82, 2.24) is 20.6 Å². The molecule has 0 spiro atoms. The number of aromatic amines is 2. The zero-order valence-electron chi connectivity index (χ0n) is 12.7. The second-order valence-electron chi connectivity index (χ2n) is 6.20. The molecule has 2 heterocycles.